The van der Waals surface area contributed by atoms with Crippen molar-refractivity contribution in [3.63, 3.8) is 0 Å². The zero-order chi connectivity index (χ0) is 23.4. The average molecular weight is 447 g/mol. The van der Waals surface area contributed by atoms with Crippen molar-refractivity contribution in [3.8, 4) is 22.8 Å². The van der Waals surface area contributed by atoms with Gasteiger partial charge in [0.1, 0.15) is 17.3 Å². The van der Waals surface area contributed by atoms with Crippen LogP contribution in [-0.2, 0) is 4.74 Å². The van der Waals surface area contributed by atoms with Gasteiger partial charge in [0.05, 0.1) is 24.1 Å². The van der Waals surface area contributed by atoms with Gasteiger partial charge in [-0.05, 0) is 31.2 Å². The molecule has 33 heavy (non-hydrogen) atoms. The highest BCUT2D eigenvalue weighted by atomic mass is 16.5. The van der Waals surface area contributed by atoms with E-state index in [1.54, 1.807) is 19.1 Å². The summed E-state index contributed by atoms with van der Waals surface area (Å²) in [5.41, 5.74) is 0.381. The number of nitrogens with one attached hydrogen (secondary N) is 1. The highest BCUT2D eigenvalue weighted by Gasteiger charge is 2.17. The Hall–Kier alpha value is -4.73. The summed E-state index contributed by atoms with van der Waals surface area (Å²) in [6.45, 7) is 1.78. The number of hydrogen-bond donors (Lipinski definition) is 2. The van der Waals surface area contributed by atoms with E-state index in [0.29, 0.717) is 5.56 Å². The number of carbonyl (C=O) groups excluding carboxylic acids is 2. The smallest absolute Gasteiger partial charge is 0.411 e. The molecule has 0 fully saturated rings. The Kier molecular flexibility index (Phi) is 5.98. The lowest BCUT2D eigenvalue weighted by Gasteiger charge is -2.13. The normalized spacial score (nSPS) is 10.6. The second-order valence-corrected chi connectivity index (χ2v) is 6.70. The third-order valence-electron chi connectivity index (χ3n) is 4.43. The van der Waals surface area contributed by atoms with Crippen LogP contribution in [0.3, 0.4) is 0 Å². The molecule has 2 N–H and O–H groups in total. The number of ether oxygens (including phenoxy) is 2. The largest absolute Gasteiger partial charge is 0.506 e. The van der Waals surface area contributed by atoms with E-state index in [-0.39, 0.29) is 46.2 Å². The molecule has 0 bridgehead atoms. The standard InChI is InChI=1S/C23H17N3O7/c1-2-31-23(30)26-17-9-15(32-22(29)13-4-3-7-24-11-13)5-6-16(17)19-10-18(28)21-20(33-19)8-14(27)12-25-21/h3-12,27H,2H2,1H3,(H,26,30). The van der Waals surface area contributed by atoms with Crippen molar-refractivity contribution in [2.45, 2.75) is 6.92 Å². The fourth-order valence-corrected chi connectivity index (χ4v) is 3.00. The predicted octanol–water partition coefficient (Wildman–Crippen LogP) is 3.74. The third-order valence-corrected chi connectivity index (χ3v) is 4.43. The van der Waals surface area contributed by atoms with Crippen LogP contribution in [0.25, 0.3) is 22.4 Å². The van der Waals surface area contributed by atoms with E-state index >= 15 is 0 Å². The van der Waals surface area contributed by atoms with E-state index in [1.807, 2.05) is 0 Å². The van der Waals surface area contributed by atoms with Crippen LogP contribution in [-0.4, -0.2) is 33.7 Å². The molecule has 0 atom stereocenters. The van der Waals surface area contributed by atoms with Gasteiger partial charge in [0.25, 0.3) is 0 Å². The quantitative estimate of drug-likeness (QED) is 0.346. The summed E-state index contributed by atoms with van der Waals surface area (Å²) < 4.78 is 16.1. The van der Waals surface area contributed by atoms with E-state index in [9.17, 15) is 19.5 Å². The van der Waals surface area contributed by atoms with Gasteiger partial charge in [-0.15, -0.1) is 0 Å². The number of nitrogens with zero attached hydrogens (tertiary/aromatic N) is 2. The minimum atomic E-state index is -0.753. The summed E-state index contributed by atoms with van der Waals surface area (Å²) in [4.78, 5) is 44.7. The first kappa shape index (κ1) is 21.5. The molecule has 0 radical (unpaired) electrons. The SMILES string of the molecule is CCOC(=O)Nc1cc(OC(=O)c2cccnc2)ccc1-c1cc(=O)c2ncc(O)cc2o1. The molecular formula is C23H17N3O7. The Labute approximate surface area is 186 Å². The molecule has 166 valence electrons. The number of fused-ring (bicyclic) bond motifs is 1. The average Bonchev–Trinajstić information content (AvgIpc) is 2.79. The molecule has 4 aromatic rings. The van der Waals surface area contributed by atoms with Crippen molar-refractivity contribution < 1.29 is 28.6 Å². The van der Waals surface area contributed by atoms with Gasteiger partial charge in [0, 0.05) is 36.2 Å². The van der Waals surface area contributed by atoms with Crippen molar-refractivity contribution in [3.05, 3.63) is 76.8 Å². The predicted molar refractivity (Wildman–Crippen MR) is 117 cm³/mol. The maximum atomic E-state index is 12.5. The zero-order valence-electron chi connectivity index (χ0n) is 17.3. The molecular weight excluding hydrogens is 430 g/mol. The lowest BCUT2D eigenvalue weighted by Crippen LogP contribution is -2.15. The Morgan fingerprint density at radius 1 is 1.15 bits per heavy atom. The van der Waals surface area contributed by atoms with Crippen molar-refractivity contribution in [2.24, 2.45) is 0 Å². The molecule has 0 aliphatic heterocycles. The summed E-state index contributed by atoms with van der Waals surface area (Å²) in [5.74, 6) is -0.597. The lowest BCUT2D eigenvalue weighted by atomic mass is 10.1. The summed E-state index contributed by atoms with van der Waals surface area (Å²) in [7, 11) is 0. The molecule has 0 saturated carbocycles. The van der Waals surface area contributed by atoms with Crippen LogP contribution < -0.4 is 15.5 Å². The van der Waals surface area contributed by atoms with Crippen LogP contribution in [0.15, 0.2) is 70.3 Å². The third kappa shape index (κ3) is 4.79. The van der Waals surface area contributed by atoms with Gasteiger partial charge in [0.15, 0.2) is 11.1 Å². The van der Waals surface area contributed by atoms with Crippen molar-refractivity contribution in [2.75, 3.05) is 11.9 Å². The molecule has 3 aromatic heterocycles. The Bertz CT molecular complexity index is 1400. The fraction of sp³-hybridized carbons (Fsp3) is 0.0870. The Morgan fingerprint density at radius 3 is 2.76 bits per heavy atom. The number of pyridine rings is 2. The summed E-state index contributed by atoms with van der Waals surface area (Å²) in [5, 5.41) is 12.2. The van der Waals surface area contributed by atoms with Gasteiger partial charge in [-0.25, -0.2) is 14.6 Å². The van der Waals surface area contributed by atoms with Crippen molar-refractivity contribution in [1.82, 2.24) is 9.97 Å². The number of benzene rings is 1. The van der Waals surface area contributed by atoms with E-state index in [2.05, 4.69) is 15.3 Å². The summed E-state index contributed by atoms with van der Waals surface area (Å²) in [6.07, 6.45) is 3.27. The number of aromatic nitrogens is 2. The summed E-state index contributed by atoms with van der Waals surface area (Å²) >= 11 is 0. The molecule has 1 aromatic carbocycles. The molecule has 4 rings (SSSR count). The molecule has 3 heterocycles. The number of hydrogen-bond acceptors (Lipinski definition) is 9. The first-order chi connectivity index (χ1) is 15.9. The topological polar surface area (TPSA) is 141 Å². The van der Waals surface area contributed by atoms with Gasteiger partial charge < -0.3 is 19.0 Å². The first-order valence-electron chi connectivity index (χ1n) is 9.78. The molecule has 0 aliphatic carbocycles. The molecule has 0 unspecified atom stereocenters. The number of esters is 1. The van der Waals surface area contributed by atoms with Crippen LogP contribution in [0.4, 0.5) is 10.5 Å². The van der Waals surface area contributed by atoms with Crippen LogP contribution in [0.2, 0.25) is 0 Å². The number of rotatable bonds is 5. The van der Waals surface area contributed by atoms with Crippen LogP contribution >= 0.6 is 0 Å². The van der Waals surface area contributed by atoms with Gasteiger partial charge >= 0.3 is 12.1 Å². The molecule has 10 nitrogen and oxygen atoms in total. The number of anilines is 1. The van der Waals surface area contributed by atoms with Crippen LogP contribution in [0.1, 0.15) is 17.3 Å². The number of carbonyl (C=O) groups is 2. The van der Waals surface area contributed by atoms with Crippen LogP contribution in [0.5, 0.6) is 11.5 Å². The first-order valence-corrected chi connectivity index (χ1v) is 9.78. The fourth-order valence-electron chi connectivity index (χ4n) is 3.00. The maximum absolute atomic E-state index is 12.5. The van der Waals surface area contributed by atoms with E-state index in [0.717, 1.165) is 6.20 Å². The van der Waals surface area contributed by atoms with Gasteiger partial charge in [-0.1, -0.05) is 0 Å². The van der Waals surface area contributed by atoms with E-state index in [1.165, 1.54) is 42.7 Å². The van der Waals surface area contributed by atoms with Gasteiger partial charge in [0.2, 0.25) is 5.43 Å². The number of aromatic hydroxyl groups is 1. The Balaban J connectivity index is 1.75. The highest BCUT2D eigenvalue weighted by molar-refractivity contribution is 5.93. The molecule has 0 spiro atoms. The molecule has 0 saturated heterocycles. The molecule has 0 aliphatic rings. The maximum Gasteiger partial charge on any atom is 0.411 e. The minimum absolute atomic E-state index is 0.0403. The Morgan fingerprint density at radius 2 is 2.00 bits per heavy atom. The van der Waals surface area contributed by atoms with E-state index < -0.39 is 17.5 Å². The molecule has 1 amide bonds. The van der Waals surface area contributed by atoms with Crippen LogP contribution in [0, 0.1) is 0 Å². The van der Waals surface area contributed by atoms with Gasteiger partial charge in [-0.2, -0.15) is 0 Å². The second kappa shape index (κ2) is 9.18. The van der Waals surface area contributed by atoms with Crippen molar-refractivity contribution >= 4 is 28.8 Å². The molecule has 10 heteroatoms. The van der Waals surface area contributed by atoms with Gasteiger partial charge in [-0.3, -0.25) is 15.1 Å². The summed E-state index contributed by atoms with van der Waals surface area (Å²) in [6, 6.07) is 10.00. The number of amides is 1. The minimum Gasteiger partial charge on any atom is -0.506 e. The zero-order valence-corrected chi connectivity index (χ0v) is 17.3. The lowest BCUT2D eigenvalue weighted by molar-refractivity contribution is 0.0734. The monoisotopic (exact) mass is 447 g/mol. The highest BCUT2D eigenvalue weighted by Crippen LogP contribution is 2.33. The van der Waals surface area contributed by atoms with Crippen molar-refractivity contribution in [1.29, 1.82) is 0 Å². The van der Waals surface area contributed by atoms with E-state index in [4.69, 9.17) is 13.9 Å². The second-order valence-electron chi connectivity index (χ2n) is 6.70.